The number of nitrogens with zero attached hydrogens (tertiary/aromatic N) is 1. The van der Waals surface area contributed by atoms with Crippen LogP contribution in [0, 0.1) is 13.8 Å². The molecule has 30 heavy (non-hydrogen) atoms. The standard InChI is InChI=1S/C21H21N3O4S2/c1-13-6-8-16(11-14(13)2)29-21-17(5-4-10-23-21)20(25)24-15-7-9-18(28-3)19(12-15)30(22,26)27/h4-12H,1-3H3,(H,24,25)(H2,22,26,27). The zero-order valence-electron chi connectivity index (χ0n) is 16.7. The first-order chi connectivity index (χ1) is 14.2. The molecule has 0 aliphatic rings. The number of aromatic nitrogens is 1. The maximum absolute atomic E-state index is 12.9. The van der Waals surface area contributed by atoms with E-state index in [1.807, 2.05) is 32.0 Å². The lowest BCUT2D eigenvalue weighted by atomic mass is 10.1. The highest BCUT2D eigenvalue weighted by atomic mass is 32.2. The van der Waals surface area contributed by atoms with Crippen molar-refractivity contribution in [1.82, 2.24) is 4.98 Å². The summed E-state index contributed by atoms with van der Waals surface area (Å²) in [5.74, 6) is -0.317. The van der Waals surface area contributed by atoms with Crippen molar-refractivity contribution in [3.8, 4) is 5.75 Å². The van der Waals surface area contributed by atoms with Gasteiger partial charge < -0.3 is 10.1 Å². The number of amides is 1. The van der Waals surface area contributed by atoms with Crippen LogP contribution in [0.4, 0.5) is 5.69 Å². The highest BCUT2D eigenvalue weighted by Gasteiger charge is 2.18. The van der Waals surface area contributed by atoms with Crippen LogP contribution in [0.25, 0.3) is 0 Å². The van der Waals surface area contributed by atoms with Gasteiger partial charge in [-0.05, 0) is 67.4 Å². The monoisotopic (exact) mass is 443 g/mol. The first-order valence-electron chi connectivity index (χ1n) is 8.91. The van der Waals surface area contributed by atoms with Gasteiger partial charge in [-0.15, -0.1) is 0 Å². The van der Waals surface area contributed by atoms with Crippen molar-refractivity contribution in [1.29, 1.82) is 0 Å². The maximum atomic E-state index is 12.9. The summed E-state index contributed by atoms with van der Waals surface area (Å²) in [7, 11) is -2.68. The predicted molar refractivity (Wildman–Crippen MR) is 117 cm³/mol. The average molecular weight is 444 g/mol. The number of sulfonamides is 1. The number of hydrogen-bond acceptors (Lipinski definition) is 6. The smallest absolute Gasteiger partial charge is 0.258 e. The van der Waals surface area contributed by atoms with Crippen molar-refractivity contribution < 1.29 is 17.9 Å². The number of nitrogens with two attached hydrogens (primary N) is 1. The number of primary sulfonamides is 1. The van der Waals surface area contributed by atoms with Crippen LogP contribution in [0.1, 0.15) is 21.5 Å². The molecule has 0 aliphatic carbocycles. The summed E-state index contributed by atoms with van der Waals surface area (Å²) < 4.78 is 28.6. The molecule has 7 nitrogen and oxygen atoms in total. The van der Waals surface area contributed by atoms with Crippen molar-refractivity contribution in [2.75, 3.05) is 12.4 Å². The third-order valence-electron chi connectivity index (χ3n) is 4.44. The van der Waals surface area contributed by atoms with Crippen LogP contribution in [-0.2, 0) is 10.0 Å². The van der Waals surface area contributed by atoms with Crippen molar-refractivity contribution in [2.24, 2.45) is 5.14 Å². The van der Waals surface area contributed by atoms with E-state index in [1.54, 1.807) is 18.3 Å². The molecule has 3 rings (SSSR count). The van der Waals surface area contributed by atoms with E-state index in [0.29, 0.717) is 10.6 Å². The average Bonchev–Trinajstić information content (AvgIpc) is 2.70. The number of ether oxygens (including phenoxy) is 1. The van der Waals surface area contributed by atoms with Crippen molar-refractivity contribution in [3.63, 3.8) is 0 Å². The molecule has 3 aromatic rings. The minimum Gasteiger partial charge on any atom is -0.495 e. The van der Waals surface area contributed by atoms with Crippen LogP contribution >= 0.6 is 11.8 Å². The fourth-order valence-electron chi connectivity index (χ4n) is 2.71. The number of pyridine rings is 1. The highest BCUT2D eigenvalue weighted by molar-refractivity contribution is 7.99. The third kappa shape index (κ3) is 4.99. The number of methoxy groups -OCH3 is 1. The van der Waals surface area contributed by atoms with Gasteiger partial charge in [0.05, 0.1) is 12.7 Å². The molecule has 0 saturated carbocycles. The van der Waals surface area contributed by atoms with Crippen molar-refractivity contribution in [3.05, 3.63) is 71.4 Å². The molecule has 0 atom stereocenters. The van der Waals surface area contributed by atoms with E-state index < -0.39 is 15.9 Å². The number of carbonyl (C=O) groups excluding carboxylic acids is 1. The van der Waals surface area contributed by atoms with Crippen LogP contribution < -0.4 is 15.2 Å². The first kappa shape index (κ1) is 21.8. The quantitative estimate of drug-likeness (QED) is 0.600. The molecule has 0 spiro atoms. The number of carbonyl (C=O) groups is 1. The number of hydrogen-bond donors (Lipinski definition) is 2. The Hall–Kier alpha value is -2.88. The van der Waals surface area contributed by atoms with Crippen molar-refractivity contribution in [2.45, 2.75) is 28.7 Å². The van der Waals surface area contributed by atoms with Crippen LogP contribution in [0.3, 0.4) is 0 Å². The molecule has 9 heteroatoms. The van der Waals surface area contributed by atoms with Gasteiger partial charge in [0.2, 0.25) is 10.0 Å². The third-order valence-corrected chi connectivity index (χ3v) is 6.38. The Morgan fingerprint density at radius 2 is 1.87 bits per heavy atom. The second-order valence-electron chi connectivity index (χ2n) is 6.57. The van der Waals surface area contributed by atoms with E-state index in [4.69, 9.17) is 9.88 Å². The fourth-order valence-corrected chi connectivity index (χ4v) is 4.41. The lowest BCUT2D eigenvalue weighted by Crippen LogP contribution is -2.16. The van der Waals surface area contributed by atoms with Gasteiger partial charge in [0.25, 0.3) is 5.91 Å². The Kier molecular flexibility index (Phi) is 6.45. The van der Waals surface area contributed by atoms with E-state index in [0.717, 1.165) is 10.5 Å². The Bertz CT molecular complexity index is 1210. The van der Waals surface area contributed by atoms with Gasteiger partial charge in [0.15, 0.2) is 0 Å². The fraction of sp³-hybridized carbons (Fsp3) is 0.143. The van der Waals surface area contributed by atoms with E-state index in [9.17, 15) is 13.2 Å². The number of nitrogens with one attached hydrogen (secondary N) is 1. The molecule has 0 aliphatic heterocycles. The number of rotatable bonds is 6. The summed E-state index contributed by atoms with van der Waals surface area (Å²) in [5.41, 5.74) is 2.98. The van der Waals surface area contributed by atoms with Crippen LogP contribution in [0.15, 0.2) is 69.5 Å². The SMILES string of the molecule is COc1ccc(NC(=O)c2cccnc2Sc2ccc(C)c(C)c2)cc1S(N)(=O)=O. The molecule has 1 amide bonds. The lowest BCUT2D eigenvalue weighted by molar-refractivity contribution is 0.102. The molecule has 156 valence electrons. The first-order valence-corrected chi connectivity index (χ1v) is 11.3. The van der Waals surface area contributed by atoms with Gasteiger partial charge in [0, 0.05) is 16.8 Å². The van der Waals surface area contributed by atoms with Gasteiger partial charge in [-0.3, -0.25) is 4.79 Å². The minimum absolute atomic E-state index is 0.0999. The van der Waals surface area contributed by atoms with E-state index >= 15 is 0 Å². The molecule has 0 fully saturated rings. The Morgan fingerprint density at radius 3 is 2.53 bits per heavy atom. The molecule has 2 aromatic carbocycles. The van der Waals surface area contributed by atoms with Gasteiger partial charge in [-0.25, -0.2) is 18.5 Å². The van der Waals surface area contributed by atoms with Crippen LogP contribution in [-0.4, -0.2) is 26.4 Å². The highest BCUT2D eigenvalue weighted by Crippen LogP contribution is 2.31. The molecule has 0 radical (unpaired) electrons. The summed E-state index contributed by atoms with van der Waals surface area (Å²) in [5, 5.41) is 8.48. The predicted octanol–water partition coefficient (Wildman–Crippen LogP) is 3.76. The second kappa shape index (κ2) is 8.86. The molecular weight excluding hydrogens is 422 g/mol. The second-order valence-corrected chi connectivity index (χ2v) is 9.16. The van der Waals surface area contributed by atoms with E-state index in [-0.39, 0.29) is 16.3 Å². The molecule has 0 unspecified atom stereocenters. The van der Waals surface area contributed by atoms with Crippen molar-refractivity contribution >= 4 is 33.4 Å². The number of aryl methyl sites for hydroxylation is 2. The Labute approximate surface area is 179 Å². The van der Waals surface area contributed by atoms with Crippen LogP contribution in [0.5, 0.6) is 5.75 Å². The van der Waals surface area contributed by atoms with Gasteiger partial charge in [0.1, 0.15) is 15.7 Å². The lowest BCUT2D eigenvalue weighted by Gasteiger charge is -2.12. The zero-order valence-corrected chi connectivity index (χ0v) is 18.3. The topological polar surface area (TPSA) is 111 Å². The Balaban J connectivity index is 1.89. The summed E-state index contributed by atoms with van der Waals surface area (Å²) in [4.78, 5) is 18.0. The molecule has 1 heterocycles. The number of anilines is 1. The molecule has 1 aromatic heterocycles. The zero-order chi connectivity index (χ0) is 21.9. The summed E-state index contributed by atoms with van der Waals surface area (Å²) in [6.45, 7) is 4.06. The van der Waals surface area contributed by atoms with Gasteiger partial charge in [-0.1, -0.05) is 17.8 Å². The molecular formula is C21H21N3O4S2. The molecule has 0 saturated heterocycles. The molecule has 3 N–H and O–H groups in total. The van der Waals surface area contributed by atoms with E-state index in [1.165, 1.54) is 42.6 Å². The van der Waals surface area contributed by atoms with Crippen LogP contribution in [0.2, 0.25) is 0 Å². The van der Waals surface area contributed by atoms with Gasteiger partial charge in [-0.2, -0.15) is 0 Å². The molecule has 0 bridgehead atoms. The minimum atomic E-state index is -4.02. The Morgan fingerprint density at radius 1 is 1.10 bits per heavy atom. The summed E-state index contributed by atoms with van der Waals surface area (Å²) in [6.07, 6.45) is 1.62. The maximum Gasteiger partial charge on any atom is 0.258 e. The summed E-state index contributed by atoms with van der Waals surface area (Å²) in [6, 6.07) is 13.6. The largest absolute Gasteiger partial charge is 0.495 e. The van der Waals surface area contributed by atoms with Gasteiger partial charge >= 0.3 is 0 Å². The van der Waals surface area contributed by atoms with E-state index in [2.05, 4.69) is 10.3 Å². The summed E-state index contributed by atoms with van der Waals surface area (Å²) >= 11 is 1.38. The number of benzene rings is 2. The normalized spacial score (nSPS) is 11.2.